The highest BCUT2D eigenvalue weighted by atomic mass is 16.2. The third-order valence-corrected chi connectivity index (χ3v) is 5.06. The summed E-state index contributed by atoms with van der Waals surface area (Å²) >= 11 is 0. The third kappa shape index (κ3) is 3.96. The average Bonchev–Trinajstić information content (AvgIpc) is 2.61. The summed E-state index contributed by atoms with van der Waals surface area (Å²) in [5, 5.41) is 7.73. The SMILES string of the molecule is O=C(CCC1CCCCC1)N1CCN(c2ccnnc2)CC1. The number of nitrogens with zero attached hydrogens (tertiary/aromatic N) is 4. The molecule has 1 aliphatic heterocycles. The van der Waals surface area contributed by atoms with Gasteiger partial charge >= 0.3 is 0 Å². The molecule has 0 aromatic carbocycles. The van der Waals surface area contributed by atoms with Gasteiger partial charge in [0.1, 0.15) is 0 Å². The lowest BCUT2D eigenvalue weighted by molar-refractivity contribution is -0.131. The Labute approximate surface area is 132 Å². The summed E-state index contributed by atoms with van der Waals surface area (Å²) in [5.74, 6) is 1.14. The molecule has 1 aliphatic carbocycles. The predicted octanol–water partition coefficient (Wildman–Crippen LogP) is 2.49. The standard InChI is InChI=1S/C17H26N4O/c22-17(7-6-15-4-2-1-3-5-15)21-12-10-20(11-13-21)16-8-9-18-19-14-16/h8-9,14-15H,1-7,10-13H2. The van der Waals surface area contributed by atoms with E-state index in [1.807, 2.05) is 11.0 Å². The number of piperazine rings is 1. The number of carbonyl (C=O) groups excluding carboxylic acids is 1. The van der Waals surface area contributed by atoms with Gasteiger partial charge in [-0.2, -0.15) is 10.2 Å². The van der Waals surface area contributed by atoms with Gasteiger partial charge in [-0.3, -0.25) is 4.79 Å². The average molecular weight is 302 g/mol. The number of hydrogen-bond acceptors (Lipinski definition) is 4. The van der Waals surface area contributed by atoms with Crippen LogP contribution in [0.2, 0.25) is 0 Å². The van der Waals surface area contributed by atoms with Crippen LogP contribution in [0.1, 0.15) is 44.9 Å². The molecule has 2 aliphatic rings. The molecule has 1 saturated carbocycles. The summed E-state index contributed by atoms with van der Waals surface area (Å²) in [6.07, 6.45) is 12.1. The molecule has 1 aromatic heterocycles. The summed E-state index contributed by atoms with van der Waals surface area (Å²) in [5.41, 5.74) is 1.10. The second-order valence-corrected chi connectivity index (χ2v) is 6.51. The molecule has 22 heavy (non-hydrogen) atoms. The van der Waals surface area contributed by atoms with Gasteiger partial charge in [-0.15, -0.1) is 0 Å². The van der Waals surface area contributed by atoms with Gasteiger partial charge in [-0.1, -0.05) is 32.1 Å². The molecule has 1 saturated heterocycles. The first-order valence-corrected chi connectivity index (χ1v) is 8.62. The first-order valence-electron chi connectivity index (χ1n) is 8.62. The maximum atomic E-state index is 12.4. The quantitative estimate of drug-likeness (QED) is 0.857. The van der Waals surface area contributed by atoms with Crippen LogP contribution < -0.4 is 4.90 Å². The maximum absolute atomic E-state index is 12.4. The highest BCUT2D eigenvalue weighted by Crippen LogP contribution is 2.27. The zero-order valence-electron chi connectivity index (χ0n) is 13.3. The Morgan fingerprint density at radius 1 is 1.09 bits per heavy atom. The van der Waals surface area contributed by atoms with E-state index in [1.165, 1.54) is 32.1 Å². The van der Waals surface area contributed by atoms with Crippen LogP contribution in [0.15, 0.2) is 18.5 Å². The van der Waals surface area contributed by atoms with Crippen molar-refractivity contribution in [3.63, 3.8) is 0 Å². The van der Waals surface area contributed by atoms with Crippen LogP contribution in [0.25, 0.3) is 0 Å². The van der Waals surface area contributed by atoms with Crippen molar-refractivity contribution in [2.24, 2.45) is 5.92 Å². The number of carbonyl (C=O) groups is 1. The molecule has 120 valence electrons. The lowest BCUT2D eigenvalue weighted by Crippen LogP contribution is -2.48. The Balaban J connectivity index is 1.41. The molecule has 2 heterocycles. The molecule has 5 nitrogen and oxygen atoms in total. The minimum absolute atomic E-state index is 0.345. The van der Waals surface area contributed by atoms with E-state index < -0.39 is 0 Å². The van der Waals surface area contributed by atoms with Gasteiger partial charge in [0.2, 0.25) is 5.91 Å². The van der Waals surface area contributed by atoms with E-state index in [0.29, 0.717) is 5.91 Å². The van der Waals surface area contributed by atoms with Gasteiger partial charge in [-0.05, 0) is 18.4 Å². The molecule has 0 unspecified atom stereocenters. The number of rotatable bonds is 4. The van der Waals surface area contributed by atoms with Crippen LogP contribution >= 0.6 is 0 Å². The minimum Gasteiger partial charge on any atom is -0.367 e. The van der Waals surface area contributed by atoms with E-state index in [0.717, 1.165) is 50.6 Å². The van der Waals surface area contributed by atoms with E-state index in [1.54, 1.807) is 12.4 Å². The molecular formula is C17H26N4O. The van der Waals surface area contributed by atoms with Gasteiger partial charge in [0, 0.05) is 32.6 Å². The maximum Gasteiger partial charge on any atom is 0.222 e. The van der Waals surface area contributed by atoms with E-state index in [4.69, 9.17) is 0 Å². The first-order chi connectivity index (χ1) is 10.8. The summed E-state index contributed by atoms with van der Waals surface area (Å²) in [7, 11) is 0. The molecule has 0 bridgehead atoms. The highest BCUT2D eigenvalue weighted by molar-refractivity contribution is 5.76. The van der Waals surface area contributed by atoms with Crippen molar-refractivity contribution in [1.82, 2.24) is 15.1 Å². The number of hydrogen-bond donors (Lipinski definition) is 0. The lowest BCUT2D eigenvalue weighted by Gasteiger charge is -2.36. The highest BCUT2D eigenvalue weighted by Gasteiger charge is 2.22. The molecule has 0 N–H and O–H groups in total. The number of anilines is 1. The largest absolute Gasteiger partial charge is 0.367 e. The van der Waals surface area contributed by atoms with Gasteiger partial charge < -0.3 is 9.80 Å². The van der Waals surface area contributed by atoms with Crippen molar-refractivity contribution >= 4 is 11.6 Å². The summed E-state index contributed by atoms with van der Waals surface area (Å²) in [6, 6.07) is 1.98. The smallest absolute Gasteiger partial charge is 0.222 e. The van der Waals surface area contributed by atoms with Crippen LogP contribution in [0.3, 0.4) is 0 Å². The van der Waals surface area contributed by atoms with E-state index >= 15 is 0 Å². The molecule has 1 amide bonds. The zero-order valence-corrected chi connectivity index (χ0v) is 13.3. The minimum atomic E-state index is 0.345. The molecule has 3 rings (SSSR count). The van der Waals surface area contributed by atoms with Crippen molar-refractivity contribution in [3.05, 3.63) is 18.5 Å². The van der Waals surface area contributed by atoms with E-state index in [9.17, 15) is 4.79 Å². The van der Waals surface area contributed by atoms with Crippen molar-refractivity contribution < 1.29 is 4.79 Å². The van der Waals surface area contributed by atoms with Crippen LogP contribution in [-0.4, -0.2) is 47.2 Å². The Hall–Kier alpha value is -1.65. The van der Waals surface area contributed by atoms with Crippen molar-refractivity contribution in [1.29, 1.82) is 0 Å². The number of amides is 1. The molecule has 2 fully saturated rings. The van der Waals surface area contributed by atoms with Gasteiger partial charge in [0.15, 0.2) is 0 Å². The molecule has 0 radical (unpaired) electrons. The van der Waals surface area contributed by atoms with Crippen LogP contribution in [0.5, 0.6) is 0 Å². The van der Waals surface area contributed by atoms with E-state index in [2.05, 4.69) is 15.1 Å². The summed E-state index contributed by atoms with van der Waals surface area (Å²) < 4.78 is 0. The fourth-order valence-electron chi connectivity index (χ4n) is 3.65. The van der Waals surface area contributed by atoms with Gasteiger partial charge in [0.05, 0.1) is 18.1 Å². The second kappa shape index (κ2) is 7.56. The van der Waals surface area contributed by atoms with Gasteiger partial charge in [-0.25, -0.2) is 0 Å². The molecule has 0 spiro atoms. The lowest BCUT2D eigenvalue weighted by atomic mass is 9.86. The van der Waals surface area contributed by atoms with E-state index in [-0.39, 0.29) is 0 Å². The first kappa shape index (κ1) is 15.3. The molecular weight excluding hydrogens is 276 g/mol. The second-order valence-electron chi connectivity index (χ2n) is 6.51. The van der Waals surface area contributed by atoms with Crippen LogP contribution in [0.4, 0.5) is 5.69 Å². The Kier molecular flexibility index (Phi) is 5.24. The Bertz CT molecular complexity index is 465. The van der Waals surface area contributed by atoms with Gasteiger partial charge in [0.25, 0.3) is 0 Å². The third-order valence-electron chi connectivity index (χ3n) is 5.06. The summed E-state index contributed by atoms with van der Waals surface area (Å²) in [6.45, 7) is 3.43. The summed E-state index contributed by atoms with van der Waals surface area (Å²) in [4.78, 5) is 16.7. The van der Waals surface area contributed by atoms with Crippen LogP contribution in [0, 0.1) is 5.92 Å². The zero-order chi connectivity index (χ0) is 15.2. The predicted molar refractivity (Wildman–Crippen MR) is 86.6 cm³/mol. The molecule has 0 atom stereocenters. The Morgan fingerprint density at radius 2 is 1.86 bits per heavy atom. The normalized spacial score (nSPS) is 20.2. The van der Waals surface area contributed by atoms with Crippen molar-refractivity contribution in [2.75, 3.05) is 31.1 Å². The topological polar surface area (TPSA) is 49.3 Å². The Morgan fingerprint density at radius 3 is 2.55 bits per heavy atom. The fraction of sp³-hybridized carbons (Fsp3) is 0.706. The number of aromatic nitrogens is 2. The van der Waals surface area contributed by atoms with Crippen LogP contribution in [-0.2, 0) is 4.79 Å². The van der Waals surface area contributed by atoms with Crippen molar-refractivity contribution in [2.45, 2.75) is 44.9 Å². The van der Waals surface area contributed by atoms with Crippen molar-refractivity contribution in [3.8, 4) is 0 Å². The fourth-order valence-corrected chi connectivity index (χ4v) is 3.65. The molecule has 5 heteroatoms. The molecule has 1 aromatic rings. The monoisotopic (exact) mass is 302 g/mol.